The van der Waals surface area contributed by atoms with Crippen molar-refractivity contribution in [3.63, 3.8) is 0 Å². The lowest BCUT2D eigenvalue weighted by Crippen LogP contribution is -2.47. The van der Waals surface area contributed by atoms with E-state index < -0.39 is 12.0 Å². The molecule has 1 aliphatic heterocycles. The molecule has 0 radical (unpaired) electrons. The molecule has 2 amide bonds. The summed E-state index contributed by atoms with van der Waals surface area (Å²) in [6, 6.07) is -0.912. The number of rotatable bonds is 6. The lowest BCUT2D eigenvalue weighted by molar-refractivity contribution is -0.141. The van der Waals surface area contributed by atoms with Crippen molar-refractivity contribution < 1.29 is 14.7 Å². The Labute approximate surface area is 108 Å². The first-order valence-electron chi connectivity index (χ1n) is 6.59. The standard InChI is InChI=1S/C12H23N3O3/c1-3-14(4-2)9-7-13-12(18)15-8-5-6-10(15)11(16)17/h10H,3-9H2,1-2H3,(H,13,18)(H,16,17)/t10-/m0/s1. The van der Waals surface area contributed by atoms with E-state index in [2.05, 4.69) is 24.1 Å². The summed E-state index contributed by atoms with van der Waals surface area (Å²) >= 11 is 0. The summed E-state index contributed by atoms with van der Waals surface area (Å²) in [4.78, 5) is 26.4. The minimum atomic E-state index is -0.911. The number of urea groups is 1. The Morgan fingerprint density at radius 3 is 2.61 bits per heavy atom. The molecule has 2 N–H and O–H groups in total. The number of nitrogens with zero attached hydrogens (tertiary/aromatic N) is 2. The summed E-state index contributed by atoms with van der Waals surface area (Å²) < 4.78 is 0. The highest BCUT2D eigenvalue weighted by Crippen LogP contribution is 2.17. The zero-order valence-corrected chi connectivity index (χ0v) is 11.2. The third-order valence-electron chi connectivity index (χ3n) is 3.40. The van der Waals surface area contributed by atoms with Crippen molar-refractivity contribution in [2.45, 2.75) is 32.7 Å². The first-order valence-corrected chi connectivity index (χ1v) is 6.59. The highest BCUT2D eigenvalue weighted by atomic mass is 16.4. The minimum absolute atomic E-state index is 0.257. The van der Waals surface area contributed by atoms with Gasteiger partial charge in [0.05, 0.1) is 0 Å². The molecule has 0 unspecified atom stereocenters. The Morgan fingerprint density at radius 2 is 2.06 bits per heavy atom. The van der Waals surface area contributed by atoms with Gasteiger partial charge in [-0.15, -0.1) is 0 Å². The van der Waals surface area contributed by atoms with E-state index in [0.29, 0.717) is 19.5 Å². The van der Waals surface area contributed by atoms with Crippen molar-refractivity contribution in [1.82, 2.24) is 15.1 Å². The SMILES string of the molecule is CCN(CC)CCNC(=O)N1CCC[C@H]1C(=O)O. The summed E-state index contributed by atoms with van der Waals surface area (Å²) in [5, 5.41) is 11.8. The summed E-state index contributed by atoms with van der Waals surface area (Å²) in [6.07, 6.45) is 1.32. The number of carboxylic acids is 1. The fourth-order valence-electron chi connectivity index (χ4n) is 2.23. The minimum Gasteiger partial charge on any atom is -0.480 e. The van der Waals surface area contributed by atoms with E-state index in [0.717, 1.165) is 26.1 Å². The zero-order valence-electron chi connectivity index (χ0n) is 11.2. The summed E-state index contributed by atoms with van der Waals surface area (Å²) in [7, 11) is 0. The third-order valence-corrected chi connectivity index (χ3v) is 3.40. The van der Waals surface area contributed by atoms with Crippen molar-refractivity contribution >= 4 is 12.0 Å². The number of nitrogens with one attached hydrogen (secondary N) is 1. The van der Waals surface area contributed by atoms with Gasteiger partial charge in [-0.2, -0.15) is 0 Å². The van der Waals surface area contributed by atoms with Gasteiger partial charge in [0.25, 0.3) is 0 Å². The number of carbonyl (C=O) groups excluding carboxylic acids is 1. The van der Waals surface area contributed by atoms with Crippen LogP contribution >= 0.6 is 0 Å². The molecular formula is C12H23N3O3. The molecule has 104 valence electrons. The average molecular weight is 257 g/mol. The highest BCUT2D eigenvalue weighted by Gasteiger charge is 2.33. The van der Waals surface area contributed by atoms with Gasteiger partial charge in [-0.3, -0.25) is 0 Å². The first kappa shape index (κ1) is 14.8. The molecule has 1 rings (SSSR count). The van der Waals surface area contributed by atoms with Crippen molar-refractivity contribution in [3.8, 4) is 0 Å². The molecule has 1 heterocycles. The molecular weight excluding hydrogens is 234 g/mol. The molecule has 1 atom stereocenters. The Bertz CT molecular complexity index is 292. The van der Waals surface area contributed by atoms with E-state index in [1.54, 1.807) is 0 Å². The van der Waals surface area contributed by atoms with Gasteiger partial charge >= 0.3 is 12.0 Å². The lowest BCUT2D eigenvalue weighted by Gasteiger charge is -2.23. The Morgan fingerprint density at radius 1 is 1.39 bits per heavy atom. The molecule has 0 aromatic carbocycles. The van der Waals surface area contributed by atoms with Gasteiger partial charge < -0.3 is 20.2 Å². The molecule has 0 spiro atoms. The largest absolute Gasteiger partial charge is 0.480 e. The topological polar surface area (TPSA) is 72.9 Å². The number of hydrogen-bond acceptors (Lipinski definition) is 3. The normalized spacial score (nSPS) is 19.3. The van der Waals surface area contributed by atoms with Crippen LogP contribution in [0.25, 0.3) is 0 Å². The molecule has 0 aliphatic carbocycles. The number of likely N-dealkylation sites (N-methyl/N-ethyl adjacent to an activating group) is 1. The molecule has 18 heavy (non-hydrogen) atoms. The number of aliphatic carboxylic acids is 1. The van der Waals surface area contributed by atoms with E-state index in [1.165, 1.54) is 4.90 Å². The van der Waals surface area contributed by atoms with Crippen molar-refractivity contribution in [1.29, 1.82) is 0 Å². The molecule has 6 heteroatoms. The van der Waals surface area contributed by atoms with Crippen LogP contribution in [0.3, 0.4) is 0 Å². The van der Waals surface area contributed by atoms with Gasteiger partial charge in [0.1, 0.15) is 6.04 Å². The van der Waals surface area contributed by atoms with Gasteiger partial charge in [-0.1, -0.05) is 13.8 Å². The fourth-order valence-corrected chi connectivity index (χ4v) is 2.23. The van der Waals surface area contributed by atoms with Crippen LogP contribution < -0.4 is 5.32 Å². The molecule has 1 saturated heterocycles. The Balaban J connectivity index is 2.34. The second-order valence-electron chi connectivity index (χ2n) is 4.45. The maximum atomic E-state index is 11.9. The van der Waals surface area contributed by atoms with Gasteiger partial charge in [0.15, 0.2) is 0 Å². The zero-order chi connectivity index (χ0) is 13.5. The van der Waals surface area contributed by atoms with Crippen LogP contribution in [0.4, 0.5) is 4.79 Å². The maximum Gasteiger partial charge on any atom is 0.326 e. The molecule has 0 aromatic heterocycles. The monoisotopic (exact) mass is 257 g/mol. The first-order chi connectivity index (χ1) is 8.60. The van der Waals surface area contributed by atoms with Crippen molar-refractivity contribution in [2.75, 3.05) is 32.7 Å². The molecule has 0 bridgehead atoms. The fraction of sp³-hybridized carbons (Fsp3) is 0.833. The lowest BCUT2D eigenvalue weighted by atomic mass is 10.2. The van der Waals surface area contributed by atoms with Crippen LogP contribution in [0.5, 0.6) is 0 Å². The maximum absolute atomic E-state index is 11.9. The van der Waals surface area contributed by atoms with Crippen molar-refractivity contribution in [3.05, 3.63) is 0 Å². The van der Waals surface area contributed by atoms with Gasteiger partial charge in [0.2, 0.25) is 0 Å². The quantitative estimate of drug-likeness (QED) is 0.730. The van der Waals surface area contributed by atoms with E-state index in [-0.39, 0.29) is 6.03 Å². The second-order valence-corrected chi connectivity index (χ2v) is 4.45. The van der Waals surface area contributed by atoms with Gasteiger partial charge in [0, 0.05) is 19.6 Å². The van der Waals surface area contributed by atoms with Crippen LogP contribution in [0.15, 0.2) is 0 Å². The predicted octanol–water partition coefficient (Wildman–Crippen LogP) is 0.587. The van der Waals surface area contributed by atoms with E-state index in [4.69, 9.17) is 5.11 Å². The third kappa shape index (κ3) is 3.87. The van der Waals surface area contributed by atoms with Crippen molar-refractivity contribution in [2.24, 2.45) is 0 Å². The predicted molar refractivity (Wildman–Crippen MR) is 68.6 cm³/mol. The molecule has 1 fully saturated rings. The number of amides is 2. The number of likely N-dealkylation sites (tertiary alicyclic amines) is 1. The smallest absolute Gasteiger partial charge is 0.326 e. The van der Waals surface area contributed by atoms with Crippen LogP contribution in [-0.2, 0) is 4.79 Å². The average Bonchev–Trinajstić information content (AvgIpc) is 2.83. The number of carbonyl (C=O) groups is 2. The second kappa shape index (κ2) is 7.20. The molecule has 6 nitrogen and oxygen atoms in total. The summed E-state index contributed by atoms with van der Waals surface area (Å²) in [5.41, 5.74) is 0. The Hall–Kier alpha value is -1.30. The molecule has 1 aliphatic rings. The van der Waals surface area contributed by atoms with Crippen LogP contribution in [0.2, 0.25) is 0 Å². The van der Waals surface area contributed by atoms with Crippen LogP contribution in [0.1, 0.15) is 26.7 Å². The molecule has 0 saturated carbocycles. The molecule has 0 aromatic rings. The van der Waals surface area contributed by atoms with E-state index in [1.807, 2.05) is 0 Å². The van der Waals surface area contributed by atoms with E-state index in [9.17, 15) is 9.59 Å². The van der Waals surface area contributed by atoms with Crippen LogP contribution in [0, 0.1) is 0 Å². The number of hydrogen-bond donors (Lipinski definition) is 2. The summed E-state index contributed by atoms with van der Waals surface area (Å²) in [5.74, 6) is -0.911. The summed E-state index contributed by atoms with van der Waals surface area (Å²) in [6.45, 7) is 7.95. The number of carboxylic acid groups (broad SMARTS) is 1. The van der Waals surface area contributed by atoms with Gasteiger partial charge in [-0.25, -0.2) is 9.59 Å². The Kier molecular flexibility index (Phi) is 5.91. The van der Waals surface area contributed by atoms with Crippen LogP contribution in [-0.4, -0.2) is 65.7 Å². The van der Waals surface area contributed by atoms with Gasteiger partial charge in [-0.05, 0) is 25.9 Å². The highest BCUT2D eigenvalue weighted by molar-refractivity contribution is 5.83. The van der Waals surface area contributed by atoms with E-state index >= 15 is 0 Å².